The number of aromatic amines is 1. The lowest BCUT2D eigenvalue weighted by molar-refractivity contribution is -0.134. The van der Waals surface area contributed by atoms with Crippen molar-refractivity contribution < 1.29 is 19.8 Å². The second-order valence-corrected chi connectivity index (χ2v) is 6.60. The first-order valence-corrected chi connectivity index (χ1v) is 8.53. The smallest absolute Gasteiger partial charge is 0.328 e. The number of benzene rings is 1. The normalized spacial score (nSPS) is 23.9. The Labute approximate surface area is 150 Å². The molecule has 2 bridgehead atoms. The van der Waals surface area contributed by atoms with Crippen LogP contribution in [0.15, 0.2) is 36.5 Å². The first kappa shape index (κ1) is 18.1. The zero-order chi connectivity index (χ0) is 18.5. The van der Waals surface area contributed by atoms with Crippen molar-refractivity contribution in [3.8, 4) is 0 Å². The summed E-state index contributed by atoms with van der Waals surface area (Å²) in [5, 5.41) is 27.6. The van der Waals surface area contributed by atoms with Crippen LogP contribution < -0.4 is 5.32 Å². The molecule has 138 valence electrons. The zero-order valence-corrected chi connectivity index (χ0v) is 14.3. The van der Waals surface area contributed by atoms with E-state index in [2.05, 4.69) is 38.6 Å². The second-order valence-electron chi connectivity index (χ2n) is 6.60. The van der Waals surface area contributed by atoms with Crippen molar-refractivity contribution in [2.24, 2.45) is 5.92 Å². The van der Waals surface area contributed by atoms with Gasteiger partial charge in [-0.1, -0.05) is 12.1 Å². The Kier molecular flexibility index (Phi) is 5.65. The molecule has 2 aliphatic rings. The number of rotatable bonds is 5. The van der Waals surface area contributed by atoms with Gasteiger partial charge in [-0.05, 0) is 30.5 Å². The Morgan fingerprint density at radius 2 is 2.04 bits per heavy atom. The molecular weight excluding hydrogens is 336 g/mol. The third-order valence-corrected chi connectivity index (χ3v) is 4.78. The molecule has 1 aromatic heterocycles. The summed E-state index contributed by atoms with van der Waals surface area (Å²) in [6.45, 7) is 4.81. The molecule has 3 atom stereocenters. The molecule has 0 aliphatic carbocycles. The predicted molar refractivity (Wildman–Crippen MR) is 95.7 cm³/mol. The van der Waals surface area contributed by atoms with Crippen molar-refractivity contribution >= 4 is 22.8 Å². The van der Waals surface area contributed by atoms with E-state index in [0.717, 1.165) is 18.0 Å². The number of carboxylic acid groups (broad SMARTS) is 2. The van der Waals surface area contributed by atoms with E-state index in [9.17, 15) is 9.59 Å². The molecular formula is C18H22N4O4. The summed E-state index contributed by atoms with van der Waals surface area (Å²) < 4.78 is 0. The van der Waals surface area contributed by atoms with E-state index < -0.39 is 11.9 Å². The van der Waals surface area contributed by atoms with E-state index in [1.165, 1.54) is 37.0 Å². The van der Waals surface area contributed by atoms with Gasteiger partial charge in [-0.15, -0.1) is 0 Å². The Hall–Kier alpha value is -2.71. The van der Waals surface area contributed by atoms with Gasteiger partial charge in [-0.3, -0.25) is 5.10 Å². The van der Waals surface area contributed by atoms with Crippen molar-refractivity contribution in [1.82, 2.24) is 20.4 Å². The molecule has 0 spiro atoms. The summed E-state index contributed by atoms with van der Waals surface area (Å²) in [6, 6.07) is 7.22. The van der Waals surface area contributed by atoms with E-state index in [4.69, 9.17) is 10.2 Å². The van der Waals surface area contributed by atoms with Crippen LogP contribution in [0.4, 0.5) is 0 Å². The lowest BCUT2D eigenvalue weighted by atomic mass is 10.00. The Morgan fingerprint density at radius 1 is 1.27 bits per heavy atom. The number of nitrogens with zero attached hydrogens (tertiary/aromatic N) is 2. The number of H-pyrrole nitrogens is 1. The lowest BCUT2D eigenvalue weighted by Gasteiger charge is -2.23. The summed E-state index contributed by atoms with van der Waals surface area (Å²) in [6.07, 6.45) is 4.36. The third-order valence-electron chi connectivity index (χ3n) is 4.78. The summed E-state index contributed by atoms with van der Waals surface area (Å²) >= 11 is 0. The van der Waals surface area contributed by atoms with Gasteiger partial charge in [0.05, 0.1) is 11.7 Å². The maximum atomic E-state index is 9.55. The number of carboxylic acids is 2. The van der Waals surface area contributed by atoms with Gasteiger partial charge in [0.2, 0.25) is 0 Å². The molecule has 2 aromatic rings. The monoisotopic (exact) mass is 358 g/mol. The third kappa shape index (κ3) is 4.68. The molecule has 4 rings (SSSR count). The maximum Gasteiger partial charge on any atom is 0.328 e. The fourth-order valence-electron chi connectivity index (χ4n) is 3.50. The van der Waals surface area contributed by atoms with Crippen molar-refractivity contribution in [1.29, 1.82) is 0 Å². The molecule has 8 heteroatoms. The Morgan fingerprint density at radius 3 is 2.65 bits per heavy atom. The SMILES string of the molecule is O=C(O)/C=C/C(=O)O.c1cc2cn[nH]c2cc1CN[C@H]1CN2CC[C@H]1C2. The number of aliphatic carboxylic acids is 2. The molecule has 8 nitrogen and oxygen atoms in total. The summed E-state index contributed by atoms with van der Waals surface area (Å²) in [4.78, 5) is 21.7. The summed E-state index contributed by atoms with van der Waals surface area (Å²) in [7, 11) is 0. The van der Waals surface area contributed by atoms with Crippen LogP contribution in [-0.2, 0) is 16.1 Å². The van der Waals surface area contributed by atoms with Crippen LogP contribution in [-0.4, -0.2) is 62.9 Å². The van der Waals surface area contributed by atoms with Crippen LogP contribution in [0.5, 0.6) is 0 Å². The number of piperidine rings is 1. The highest BCUT2D eigenvalue weighted by molar-refractivity contribution is 5.89. The molecule has 0 radical (unpaired) electrons. The van der Waals surface area contributed by atoms with E-state index in [0.29, 0.717) is 18.2 Å². The van der Waals surface area contributed by atoms with Gasteiger partial charge in [0, 0.05) is 43.2 Å². The highest BCUT2D eigenvalue weighted by Crippen LogP contribution is 2.28. The average Bonchev–Trinajstić information content (AvgIpc) is 3.34. The minimum atomic E-state index is -1.26. The Bertz CT molecular complexity index is 800. The zero-order valence-electron chi connectivity index (χ0n) is 14.3. The standard InChI is InChI=1S/C14H18N4.C4H4O4/c1-2-11-7-16-17-13(11)5-10(1)6-15-14-9-18-4-3-12(14)8-18;5-3(6)1-2-4(7)8/h1-2,5,7,12,14-15H,3-4,6,8-9H2,(H,16,17);1-2H,(H,5,6)(H,7,8)/b;2-1+/t12-,14-;/m0./s1. The number of carbonyl (C=O) groups is 2. The van der Waals surface area contributed by atoms with Crippen LogP contribution in [0.2, 0.25) is 0 Å². The molecule has 0 saturated carbocycles. The lowest BCUT2D eigenvalue weighted by Crippen LogP contribution is -2.39. The van der Waals surface area contributed by atoms with E-state index >= 15 is 0 Å². The van der Waals surface area contributed by atoms with Crippen LogP contribution >= 0.6 is 0 Å². The highest BCUT2D eigenvalue weighted by Gasteiger charge is 2.37. The number of hydrogen-bond donors (Lipinski definition) is 4. The second kappa shape index (κ2) is 8.11. The molecule has 3 heterocycles. The number of nitrogens with one attached hydrogen (secondary N) is 2. The van der Waals surface area contributed by atoms with Gasteiger partial charge >= 0.3 is 11.9 Å². The summed E-state index contributed by atoms with van der Waals surface area (Å²) in [5.74, 6) is -1.64. The van der Waals surface area contributed by atoms with Crippen LogP contribution in [0, 0.1) is 5.92 Å². The molecule has 0 amide bonds. The topological polar surface area (TPSA) is 119 Å². The van der Waals surface area contributed by atoms with Crippen molar-refractivity contribution in [2.45, 2.75) is 19.0 Å². The van der Waals surface area contributed by atoms with Gasteiger partial charge in [0.25, 0.3) is 0 Å². The Balaban J connectivity index is 0.000000211. The molecule has 1 unspecified atom stereocenters. The van der Waals surface area contributed by atoms with E-state index in [1.807, 2.05) is 6.20 Å². The molecule has 26 heavy (non-hydrogen) atoms. The first-order chi connectivity index (χ1) is 12.5. The molecule has 4 N–H and O–H groups in total. The van der Waals surface area contributed by atoms with Gasteiger partial charge in [-0.2, -0.15) is 5.10 Å². The van der Waals surface area contributed by atoms with Crippen molar-refractivity contribution in [3.05, 3.63) is 42.1 Å². The minimum Gasteiger partial charge on any atom is -0.478 e. The fraction of sp³-hybridized carbons (Fsp3) is 0.389. The largest absolute Gasteiger partial charge is 0.478 e. The molecule has 2 saturated heterocycles. The van der Waals surface area contributed by atoms with Crippen LogP contribution in [0.1, 0.15) is 12.0 Å². The quantitative estimate of drug-likeness (QED) is 0.590. The maximum absolute atomic E-state index is 9.55. The van der Waals surface area contributed by atoms with Crippen LogP contribution in [0.25, 0.3) is 10.9 Å². The van der Waals surface area contributed by atoms with Gasteiger partial charge in [-0.25, -0.2) is 9.59 Å². The highest BCUT2D eigenvalue weighted by atomic mass is 16.4. The number of hydrogen-bond acceptors (Lipinski definition) is 5. The minimum absolute atomic E-state index is 0.558. The first-order valence-electron chi connectivity index (χ1n) is 8.53. The number of fused-ring (bicyclic) bond motifs is 3. The summed E-state index contributed by atoms with van der Waals surface area (Å²) in [5.41, 5.74) is 2.47. The van der Waals surface area contributed by atoms with Crippen molar-refractivity contribution in [3.63, 3.8) is 0 Å². The van der Waals surface area contributed by atoms with Gasteiger partial charge in [0.15, 0.2) is 0 Å². The molecule has 2 fully saturated rings. The van der Waals surface area contributed by atoms with E-state index in [1.54, 1.807) is 0 Å². The molecule has 1 aromatic carbocycles. The van der Waals surface area contributed by atoms with Crippen LogP contribution in [0.3, 0.4) is 0 Å². The van der Waals surface area contributed by atoms with E-state index in [-0.39, 0.29) is 0 Å². The molecule has 2 aliphatic heterocycles. The van der Waals surface area contributed by atoms with Gasteiger partial charge in [0.1, 0.15) is 0 Å². The average molecular weight is 358 g/mol. The van der Waals surface area contributed by atoms with Crippen molar-refractivity contribution in [2.75, 3.05) is 19.6 Å². The fourth-order valence-corrected chi connectivity index (χ4v) is 3.50. The predicted octanol–water partition coefficient (Wildman–Crippen LogP) is 1.07. The van der Waals surface area contributed by atoms with Gasteiger partial charge < -0.3 is 20.4 Å². The number of aromatic nitrogens is 2.